The maximum atomic E-state index is 12.4. The average molecular weight is 272 g/mol. The van der Waals surface area contributed by atoms with Gasteiger partial charge in [0.1, 0.15) is 0 Å². The van der Waals surface area contributed by atoms with Crippen LogP contribution in [0, 0.1) is 23.7 Å². The highest BCUT2D eigenvalue weighted by atomic mass is 16.4. The molecule has 0 heterocycles. The quantitative estimate of drug-likeness (QED) is 0.577. The number of carboxylic acid groups (broad SMARTS) is 1. The molecule has 0 spiro atoms. The highest BCUT2D eigenvalue weighted by Gasteiger charge is 2.51. The lowest BCUT2D eigenvalue weighted by atomic mass is 9.82. The molecule has 0 radical (unpaired) electrons. The lowest BCUT2D eigenvalue weighted by Gasteiger charge is -2.23. The van der Waals surface area contributed by atoms with Crippen molar-refractivity contribution in [3.8, 4) is 0 Å². The third-order valence-electron chi connectivity index (χ3n) is 4.23. The van der Waals surface area contributed by atoms with E-state index in [0.717, 1.165) is 6.42 Å². The lowest BCUT2D eigenvalue weighted by molar-refractivity contribution is -0.146. The number of hydrogen-bond acceptors (Lipinski definition) is 3. The molecule has 3 rings (SSSR count). The number of rotatable bonds is 3. The van der Waals surface area contributed by atoms with Crippen molar-refractivity contribution < 1.29 is 14.7 Å². The number of carbonyl (C=O) groups is 2. The fraction of sp³-hybridized carbons (Fsp3) is 0.333. The van der Waals surface area contributed by atoms with E-state index in [4.69, 9.17) is 5.73 Å². The summed E-state index contributed by atoms with van der Waals surface area (Å²) in [7, 11) is 0. The number of carboxylic acids is 1. The summed E-state index contributed by atoms with van der Waals surface area (Å²) in [5.74, 6) is -2.19. The molecule has 20 heavy (non-hydrogen) atoms. The van der Waals surface area contributed by atoms with Crippen molar-refractivity contribution in [3.63, 3.8) is 0 Å². The van der Waals surface area contributed by atoms with Crippen LogP contribution in [0.2, 0.25) is 0 Å². The molecule has 2 aliphatic rings. The summed E-state index contributed by atoms with van der Waals surface area (Å²) in [5, 5.41) is 12.1. The Morgan fingerprint density at radius 1 is 1.10 bits per heavy atom. The van der Waals surface area contributed by atoms with Gasteiger partial charge >= 0.3 is 5.97 Å². The van der Waals surface area contributed by atoms with Crippen LogP contribution in [0.1, 0.15) is 6.42 Å². The topological polar surface area (TPSA) is 92.4 Å². The van der Waals surface area contributed by atoms with Gasteiger partial charge in [-0.05, 0) is 42.5 Å². The van der Waals surface area contributed by atoms with Crippen LogP contribution in [0.3, 0.4) is 0 Å². The molecule has 1 amide bonds. The highest BCUT2D eigenvalue weighted by Crippen LogP contribution is 2.48. The first-order valence-electron chi connectivity index (χ1n) is 6.64. The van der Waals surface area contributed by atoms with Crippen LogP contribution >= 0.6 is 0 Å². The Hall–Kier alpha value is -2.30. The number of carbonyl (C=O) groups excluding carboxylic acids is 1. The molecular weight excluding hydrogens is 256 g/mol. The summed E-state index contributed by atoms with van der Waals surface area (Å²) in [5.41, 5.74) is 6.85. The number of nitrogen functional groups attached to an aromatic ring is 1. The minimum Gasteiger partial charge on any atom is -0.481 e. The number of nitrogens with two attached hydrogens (primary N) is 1. The van der Waals surface area contributed by atoms with Gasteiger partial charge in [-0.3, -0.25) is 9.59 Å². The molecule has 5 heteroatoms. The minimum atomic E-state index is -0.890. The molecular formula is C15H16N2O3. The molecule has 104 valence electrons. The predicted molar refractivity (Wildman–Crippen MR) is 74.8 cm³/mol. The third-order valence-corrected chi connectivity index (χ3v) is 4.23. The van der Waals surface area contributed by atoms with Gasteiger partial charge in [0.2, 0.25) is 5.91 Å². The van der Waals surface area contributed by atoms with Crippen molar-refractivity contribution in [3.05, 3.63) is 36.4 Å². The number of anilines is 2. The molecule has 0 saturated heterocycles. The first-order chi connectivity index (χ1) is 9.56. The van der Waals surface area contributed by atoms with E-state index in [9.17, 15) is 14.7 Å². The molecule has 1 aromatic rings. The van der Waals surface area contributed by atoms with Gasteiger partial charge in [0.05, 0.1) is 11.8 Å². The van der Waals surface area contributed by atoms with Gasteiger partial charge in [-0.15, -0.1) is 0 Å². The molecule has 4 unspecified atom stereocenters. The Balaban J connectivity index is 1.78. The van der Waals surface area contributed by atoms with E-state index in [-0.39, 0.29) is 17.7 Å². The van der Waals surface area contributed by atoms with Crippen LogP contribution < -0.4 is 11.1 Å². The smallest absolute Gasteiger partial charge is 0.307 e. The zero-order valence-corrected chi connectivity index (χ0v) is 10.8. The van der Waals surface area contributed by atoms with Gasteiger partial charge in [0.25, 0.3) is 0 Å². The van der Waals surface area contributed by atoms with Crippen LogP contribution in [-0.4, -0.2) is 17.0 Å². The van der Waals surface area contributed by atoms with Crippen LogP contribution in [0.15, 0.2) is 36.4 Å². The monoisotopic (exact) mass is 272 g/mol. The number of aliphatic carboxylic acids is 1. The lowest BCUT2D eigenvalue weighted by Crippen LogP contribution is -2.36. The van der Waals surface area contributed by atoms with Crippen LogP contribution in [0.5, 0.6) is 0 Å². The van der Waals surface area contributed by atoms with Gasteiger partial charge < -0.3 is 16.2 Å². The van der Waals surface area contributed by atoms with Crippen molar-refractivity contribution in [1.29, 1.82) is 0 Å². The number of fused-ring (bicyclic) bond motifs is 2. The number of hydrogen-bond donors (Lipinski definition) is 3. The molecule has 2 bridgehead atoms. The SMILES string of the molecule is Nc1ccc(NC(=O)C2C3C=CC(C3)C2C(=O)O)cc1. The highest BCUT2D eigenvalue weighted by molar-refractivity contribution is 5.96. The summed E-state index contributed by atoms with van der Waals surface area (Å²) in [4.78, 5) is 23.7. The third kappa shape index (κ3) is 2.05. The van der Waals surface area contributed by atoms with E-state index in [1.54, 1.807) is 24.3 Å². The second-order valence-corrected chi connectivity index (χ2v) is 5.45. The summed E-state index contributed by atoms with van der Waals surface area (Å²) in [6.45, 7) is 0. The largest absolute Gasteiger partial charge is 0.481 e. The van der Waals surface area contributed by atoms with E-state index in [1.807, 2.05) is 12.2 Å². The van der Waals surface area contributed by atoms with Crippen molar-refractivity contribution in [2.24, 2.45) is 23.7 Å². The van der Waals surface area contributed by atoms with Gasteiger partial charge in [-0.1, -0.05) is 12.2 Å². The summed E-state index contributed by atoms with van der Waals surface area (Å²) in [6.07, 6.45) is 4.66. The Bertz CT molecular complexity index is 579. The minimum absolute atomic E-state index is 0.0142. The zero-order valence-electron chi connectivity index (χ0n) is 10.8. The van der Waals surface area contributed by atoms with Crippen LogP contribution in [-0.2, 0) is 9.59 Å². The normalized spacial score (nSPS) is 30.4. The maximum absolute atomic E-state index is 12.4. The van der Waals surface area contributed by atoms with Gasteiger partial charge in [-0.25, -0.2) is 0 Å². The second-order valence-electron chi connectivity index (χ2n) is 5.45. The molecule has 0 aliphatic heterocycles. The van der Waals surface area contributed by atoms with Crippen molar-refractivity contribution in [1.82, 2.24) is 0 Å². The van der Waals surface area contributed by atoms with Gasteiger partial charge in [-0.2, -0.15) is 0 Å². The Morgan fingerprint density at radius 3 is 2.30 bits per heavy atom. The molecule has 1 fully saturated rings. The molecule has 1 aromatic carbocycles. The van der Waals surface area contributed by atoms with E-state index in [1.165, 1.54) is 0 Å². The fourth-order valence-electron chi connectivity index (χ4n) is 3.31. The van der Waals surface area contributed by atoms with E-state index >= 15 is 0 Å². The number of amides is 1. The van der Waals surface area contributed by atoms with Crippen molar-refractivity contribution >= 4 is 23.3 Å². The Labute approximate surface area is 116 Å². The molecule has 5 nitrogen and oxygen atoms in total. The van der Waals surface area contributed by atoms with Crippen molar-refractivity contribution in [2.45, 2.75) is 6.42 Å². The molecule has 1 saturated carbocycles. The van der Waals surface area contributed by atoms with Gasteiger partial charge in [0.15, 0.2) is 0 Å². The van der Waals surface area contributed by atoms with E-state index in [2.05, 4.69) is 5.32 Å². The summed E-state index contributed by atoms with van der Waals surface area (Å²) < 4.78 is 0. The first-order valence-corrected chi connectivity index (χ1v) is 6.64. The first kappa shape index (κ1) is 12.7. The number of allylic oxidation sites excluding steroid dienone is 2. The number of nitrogens with one attached hydrogen (secondary N) is 1. The summed E-state index contributed by atoms with van der Waals surface area (Å²) >= 11 is 0. The Morgan fingerprint density at radius 2 is 1.70 bits per heavy atom. The molecule has 4 N–H and O–H groups in total. The standard InChI is InChI=1S/C15H16N2O3/c16-10-3-5-11(6-4-10)17-14(18)12-8-1-2-9(7-8)13(12)15(19)20/h1-6,8-9,12-13H,7,16H2,(H,17,18)(H,19,20). The van der Waals surface area contributed by atoms with E-state index < -0.39 is 17.8 Å². The van der Waals surface area contributed by atoms with E-state index in [0.29, 0.717) is 11.4 Å². The summed E-state index contributed by atoms with van der Waals surface area (Å²) in [6, 6.07) is 6.83. The predicted octanol–water partition coefficient (Wildman–Crippen LogP) is 1.73. The number of benzene rings is 1. The molecule has 4 atom stereocenters. The second kappa shape index (κ2) is 4.67. The van der Waals surface area contributed by atoms with Crippen molar-refractivity contribution in [2.75, 3.05) is 11.1 Å². The average Bonchev–Trinajstić information content (AvgIpc) is 3.01. The van der Waals surface area contributed by atoms with Gasteiger partial charge in [0, 0.05) is 11.4 Å². The van der Waals surface area contributed by atoms with Crippen LogP contribution in [0.4, 0.5) is 11.4 Å². The Kier molecular flexibility index (Phi) is 2.97. The molecule has 2 aliphatic carbocycles. The zero-order chi connectivity index (χ0) is 14.3. The maximum Gasteiger partial charge on any atom is 0.307 e. The fourth-order valence-corrected chi connectivity index (χ4v) is 3.31. The molecule has 0 aromatic heterocycles. The van der Waals surface area contributed by atoms with Crippen LogP contribution in [0.25, 0.3) is 0 Å².